The van der Waals surface area contributed by atoms with Gasteiger partial charge in [-0.05, 0) is 25.7 Å². The van der Waals surface area contributed by atoms with Crippen LogP contribution in [0, 0.1) is 11.8 Å². The molecule has 1 fully saturated rings. The van der Waals surface area contributed by atoms with Gasteiger partial charge in [-0.3, -0.25) is 4.79 Å². The van der Waals surface area contributed by atoms with E-state index in [9.17, 15) is 14.4 Å². The summed E-state index contributed by atoms with van der Waals surface area (Å²) in [4.78, 5) is 36.4. The Bertz CT molecular complexity index is 397. The molecule has 1 aliphatic heterocycles. The van der Waals surface area contributed by atoms with Crippen LogP contribution in [0.15, 0.2) is 0 Å². The quantitative estimate of drug-likeness (QED) is 0.716. The Labute approximate surface area is 124 Å². The molecule has 1 saturated heterocycles. The van der Waals surface area contributed by atoms with Crippen LogP contribution in [0.5, 0.6) is 0 Å². The Morgan fingerprint density at radius 2 is 2.05 bits per heavy atom. The zero-order valence-electron chi connectivity index (χ0n) is 12.8. The molecular weight excluding hydrogens is 276 g/mol. The average Bonchev–Trinajstić information content (AvgIpc) is 2.87. The molecule has 0 saturated carbocycles. The standard InChI is InChI=1S/C14H24N2O5/c1-4-21-13(19)11-6-5-7-16(11)14(20)15-8-10(9(2)3)12(17)18/h9-11H,4-8H2,1-3H3,(H,15,20)(H,17,18). The number of aliphatic carboxylic acids is 1. The number of carbonyl (C=O) groups excluding carboxylic acids is 2. The number of carboxylic acid groups (broad SMARTS) is 1. The first kappa shape index (κ1) is 17.3. The van der Waals surface area contributed by atoms with E-state index in [4.69, 9.17) is 9.84 Å². The number of hydrogen-bond acceptors (Lipinski definition) is 4. The van der Waals surface area contributed by atoms with Gasteiger partial charge in [-0.15, -0.1) is 0 Å². The molecule has 0 aliphatic carbocycles. The highest BCUT2D eigenvalue weighted by Crippen LogP contribution is 2.19. The number of amides is 2. The second-order valence-electron chi connectivity index (χ2n) is 5.48. The Morgan fingerprint density at radius 1 is 1.38 bits per heavy atom. The van der Waals surface area contributed by atoms with Gasteiger partial charge in [0.1, 0.15) is 6.04 Å². The van der Waals surface area contributed by atoms with E-state index in [1.54, 1.807) is 20.8 Å². The predicted octanol–water partition coefficient (Wildman–Crippen LogP) is 1.08. The third kappa shape index (κ3) is 4.61. The summed E-state index contributed by atoms with van der Waals surface area (Å²) in [5, 5.41) is 11.7. The minimum Gasteiger partial charge on any atom is -0.481 e. The van der Waals surface area contributed by atoms with Gasteiger partial charge in [0.25, 0.3) is 0 Å². The maximum absolute atomic E-state index is 12.1. The molecule has 0 spiro atoms. The highest BCUT2D eigenvalue weighted by Gasteiger charge is 2.35. The summed E-state index contributed by atoms with van der Waals surface area (Å²) in [5.74, 6) is -2.06. The van der Waals surface area contributed by atoms with Crippen LogP contribution in [0.3, 0.4) is 0 Å². The monoisotopic (exact) mass is 300 g/mol. The van der Waals surface area contributed by atoms with E-state index in [0.29, 0.717) is 13.0 Å². The minimum atomic E-state index is -0.936. The number of urea groups is 1. The van der Waals surface area contributed by atoms with Crippen molar-refractivity contribution in [1.29, 1.82) is 0 Å². The summed E-state index contributed by atoms with van der Waals surface area (Å²) >= 11 is 0. The van der Waals surface area contributed by atoms with Gasteiger partial charge in [-0.1, -0.05) is 13.8 Å². The molecule has 7 nitrogen and oxygen atoms in total. The van der Waals surface area contributed by atoms with Gasteiger partial charge in [-0.2, -0.15) is 0 Å². The summed E-state index contributed by atoms with van der Waals surface area (Å²) in [6.45, 7) is 6.12. The minimum absolute atomic E-state index is 0.0535. The van der Waals surface area contributed by atoms with Crippen LogP contribution < -0.4 is 5.32 Å². The smallest absolute Gasteiger partial charge is 0.328 e. The van der Waals surface area contributed by atoms with E-state index in [2.05, 4.69) is 5.32 Å². The van der Waals surface area contributed by atoms with Gasteiger partial charge < -0.3 is 20.1 Å². The van der Waals surface area contributed by atoms with Gasteiger partial charge in [0.2, 0.25) is 0 Å². The molecular formula is C14H24N2O5. The number of carboxylic acids is 1. The van der Waals surface area contributed by atoms with Gasteiger partial charge >= 0.3 is 18.0 Å². The zero-order chi connectivity index (χ0) is 16.0. The fourth-order valence-electron chi connectivity index (χ4n) is 2.40. The van der Waals surface area contributed by atoms with Crippen molar-refractivity contribution in [1.82, 2.24) is 10.2 Å². The van der Waals surface area contributed by atoms with Crippen LogP contribution in [-0.2, 0) is 14.3 Å². The topological polar surface area (TPSA) is 95.9 Å². The van der Waals surface area contributed by atoms with Crippen molar-refractivity contribution in [3.8, 4) is 0 Å². The molecule has 2 amide bonds. The lowest BCUT2D eigenvalue weighted by molar-refractivity contribution is -0.147. The molecule has 0 aromatic rings. The number of nitrogens with zero attached hydrogens (tertiary/aromatic N) is 1. The van der Waals surface area contributed by atoms with Crippen molar-refractivity contribution in [3.05, 3.63) is 0 Å². The number of esters is 1. The first-order valence-corrected chi connectivity index (χ1v) is 7.32. The van der Waals surface area contributed by atoms with Gasteiger partial charge in [0.15, 0.2) is 0 Å². The second kappa shape index (κ2) is 7.85. The lowest BCUT2D eigenvalue weighted by Crippen LogP contribution is -2.48. The Balaban J connectivity index is 2.58. The molecule has 120 valence electrons. The van der Waals surface area contributed by atoms with Crippen LogP contribution in [0.4, 0.5) is 4.79 Å². The zero-order valence-corrected chi connectivity index (χ0v) is 12.8. The highest BCUT2D eigenvalue weighted by atomic mass is 16.5. The molecule has 21 heavy (non-hydrogen) atoms. The van der Waals surface area contributed by atoms with Crippen molar-refractivity contribution in [2.45, 2.75) is 39.7 Å². The van der Waals surface area contributed by atoms with Crippen LogP contribution in [0.2, 0.25) is 0 Å². The molecule has 2 unspecified atom stereocenters. The molecule has 2 N–H and O–H groups in total. The van der Waals surface area contributed by atoms with E-state index in [1.165, 1.54) is 4.90 Å². The summed E-state index contributed by atoms with van der Waals surface area (Å²) < 4.78 is 4.95. The maximum atomic E-state index is 12.1. The van der Waals surface area contributed by atoms with E-state index >= 15 is 0 Å². The van der Waals surface area contributed by atoms with Crippen LogP contribution in [0.25, 0.3) is 0 Å². The molecule has 0 aromatic heterocycles. The fourth-order valence-corrected chi connectivity index (χ4v) is 2.40. The third-order valence-corrected chi connectivity index (χ3v) is 3.67. The summed E-state index contributed by atoms with van der Waals surface area (Å²) in [6.07, 6.45) is 1.32. The number of nitrogens with one attached hydrogen (secondary N) is 1. The van der Waals surface area contributed by atoms with Crippen molar-refractivity contribution in [3.63, 3.8) is 0 Å². The summed E-state index contributed by atoms with van der Waals surface area (Å²) in [6, 6.07) is -0.968. The van der Waals surface area contributed by atoms with Crippen molar-refractivity contribution >= 4 is 18.0 Å². The molecule has 7 heteroatoms. The SMILES string of the molecule is CCOC(=O)C1CCCN1C(=O)NCC(C(=O)O)C(C)C. The predicted molar refractivity (Wildman–Crippen MR) is 75.7 cm³/mol. The Kier molecular flexibility index (Phi) is 6.45. The summed E-state index contributed by atoms with van der Waals surface area (Å²) in [7, 11) is 0. The lowest BCUT2D eigenvalue weighted by atomic mass is 9.96. The first-order valence-electron chi connectivity index (χ1n) is 7.32. The van der Waals surface area contributed by atoms with Crippen molar-refractivity contribution < 1.29 is 24.2 Å². The lowest BCUT2D eigenvalue weighted by Gasteiger charge is -2.25. The van der Waals surface area contributed by atoms with Crippen molar-refractivity contribution in [2.24, 2.45) is 11.8 Å². The van der Waals surface area contributed by atoms with E-state index in [1.807, 2.05) is 0 Å². The van der Waals surface area contributed by atoms with Crippen molar-refractivity contribution in [2.75, 3.05) is 19.7 Å². The number of carbonyl (C=O) groups is 3. The van der Waals surface area contributed by atoms with Crippen LogP contribution in [0.1, 0.15) is 33.6 Å². The first-order chi connectivity index (χ1) is 9.88. The van der Waals surface area contributed by atoms with Crippen LogP contribution in [-0.4, -0.2) is 53.7 Å². The molecule has 2 atom stereocenters. The van der Waals surface area contributed by atoms with Gasteiger partial charge in [-0.25, -0.2) is 9.59 Å². The number of hydrogen-bond donors (Lipinski definition) is 2. The largest absolute Gasteiger partial charge is 0.481 e. The van der Waals surface area contributed by atoms with Gasteiger partial charge in [0.05, 0.1) is 12.5 Å². The van der Waals surface area contributed by atoms with E-state index in [-0.39, 0.29) is 19.1 Å². The number of likely N-dealkylation sites (tertiary alicyclic amines) is 1. The molecule has 1 heterocycles. The number of rotatable bonds is 6. The molecule has 0 aromatic carbocycles. The normalized spacial score (nSPS) is 19.4. The van der Waals surface area contributed by atoms with Crippen LogP contribution >= 0.6 is 0 Å². The van der Waals surface area contributed by atoms with Gasteiger partial charge in [0, 0.05) is 13.1 Å². The second-order valence-corrected chi connectivity index (χ2v) is 5.48. The Morgan fingerprint density at radius 3 is 2.57 bits per heavy atom. The molecule has 1 aliphatic rings. The highest BCUT2D eigenvalue weighted by molar-refractivity contribution is 5.84. The fraction of sp³-hybridized carbons (Fsp3) is 0.786. The molecule has 0 bridgehead atoms. The third-order valence-electron chi connectivity index (χ3n) is 3.67. The average molecular weight is 300 g/mol. The van der Waals surface area contributed by atoms with E-state index < -0.39 is 29.9 Å². The summed E-state index contributed by atoms with van der Waals surface area (Å²) in [5.41, 5.74) is 0. The molecule has 1 rings (SSSR count). The Hall–Kier alpha value is -1.79. The maximum Gasteiger partial charge on any atom is 0.328 e. The number of ether oxygens (including phenoxy) is 1. The van der Waals surface area contributed by atoms with E-state index in [0.717, 1.165) is 6.42 Å². The molecule has 0 radical (unpaired) electrons.